The SMILES string of the molecule is NCc1cc2cc(-c3ccc(CN4CCC(F)(F)CC4)cn3)cc(C(F)(F)F)c2o1. The van der Waals surface area contributed by atoms with Gasteiger partial charge in [0, 0.05) is 49.6 Å². The first-order chi connectivity index (χ1) is 14.1. The zero-order valence-corrected chi connectivity index (χ0v) is 16.0. The Bertz CT molecular complexity index is 1030. The summed E-state index contributed by atoms with van der Waals surface area (Å²) in [6.45, 7) is 1.06. The Morgan fingerprint density at radius 1 is 1.10 bits per heavy atom. The van der Waals surface area contributed by atoms with Gasteiger partial charge in [-0.15, -0.1) is 0 Å². The van der Waals surface area contributed by atoms with E-state index in [-0.39, 0.29) is 30.7 Å². The van der Waals surface area contributed by atoms with E-state index in [1.807, 2.05) is 4.90 Å². The fourth-order valence-electron chi connectivity index (χ4n) is 3.65. The van der Waals surface area contributed by atoms with Crippen LogP contribution in [0.15, 0.2) is 40.9 Å². The molecule has 1 aliphatic rings. The van der Waals surface area contributed by atoms with Crippen LogP contribution in [-0.4, -0.2) is 28.9 Å². The number of nitrogens with zero attached hydrogens (tertiary/aromatic N) is 2. The van der Waals surface area contributed by atoms with Gasteiger partial charge in [0.05, 0.1) is 17.8 Å². The summed E-state index contributed by atoms with van der Waals surface area (Å²) in [7, 11) is 0. The molecule has 1 fully saturated rings. The van der Waals surface area contributed by atoms with E-state index in [9.17, 15) is 22.0 Å². The molecule has 0 radical (unpaired) electrons. The van der Waals surface area contributed by atoms with E-state index in [1.165, 1.54) is 6.07 Å². The Balaban J connectivity index is 1.59. The third kappa shape index (κ3) is 4.32. The van der Waals surface area contributed by atoms with Gasteiger partial charge in [-0.3, -0.25) is 9.88 Å². The summed E-state index contributed by atoms with van der Waals surface area (Å²) >= 11 is 0. The van der Waals surface area contributed by atoms with Crippen LogP contribution in [0.5, 0.6) is 0 Å². The molecule has 160 valence electrons. The molecular formula is C21H20F5N3O. The maximum Gasteiger partial charge on any atom is 0.420 e. The summed E-state index contributed by atoms with van der Waals surface area (Å²) in [5.41, 5.74) is 5.88. The minimum Gasteiger partial charge on any atom is -0.459 e. The highest BCUT2D eigenvalue weighted by Gasteiger charge is 2.35. The predicted octanol–water partition coefficient (Wildman–Crippen LogP) is 5.20. The quantitative estimate of drug-likeness (QED) is 0.584. The van der Waals surface area contributed by atoms with E-state index < -0.39 is 17.7 Å². The number of hydrogen-bond acceptors (Lipinski definition) is 4. The Hall–Kier alpha value is -2.52. The summed E-state index contributed by atoms with van der Waals surface area (Å²) in [5.74, 6) is -2.34. The van der Waals surface area contributed by atoms with E-state index >= 15 is 0 Å². The molecule has 2 aromatic heterocycles. The van der Waals surface area contributed by atoms with Crippen molar-refractivity contribution in [3.8, 4) is 11.3 Å². The molecule has 0 unspecified atom stereocenters. The largest absolute Gasteiger partial charge is 0.459 e. The lowest BCUT2D eigenvalue weighted by atomic mass is 10.0. The van der Waals surface area contributed by atoms with Crippen molar-refractivity contribution in [1.82, 2.24) is 9.88 Å². The number of piperidine rings is 1. The van der Waals surface area contributed by atoms with E-state index in [1.54, 1.807) is 24.4 Å². The maximum atomic E-state index is 13.5. The van der Waals surface area contributed by atoms with E-state index in [4.69, 9.17) is 10.2 Å². The van der Waals surface area contributed by atoms with Gasteiger partial charge in [-0.1, -0.05) is 6.07 Å². The van der Waals surface area contributed by atoms with Crippen molar-refractivity contribution >= 4 is 11.0 Å². The number of halogens is 5. The van der Waals surface area contributed by atoms with Gasteiger partial charge in [-0.25, -0.2) is 8.78 Å². The van der Waals surface area contributed by atoms with E-state index in [2.05, 4.69) is 4.98 Å². The van der Waals surface area contributed by atoms with Gasteiger partial charge in [-0.05, 0) is 29.8 Å². The molecule has 1 aromatic carbocycles. The van der Waals surface area contributed by atoms with Crippen molar-refractivity contribution in [1.29, 1.82) is 0 Å². The standard InChI is InChI=1S/C21H20F5N3O/c22-20(23)3-5-29(6-4-20)12-13-1-2-18(28-11-13)14-7-15-8-16(10-27)30-19(15)17(9-14)21(24,25)26/h1-2,7-9,11H,3-6,10,12,27H2. The van der Waals surface area contributed by atoms with Crippen LogP contribution in [-0.2, 0) is 19.3 Å². The zero-order chi connectivity index (χ0) is 21.5. The molecule has 0 bridgehead atoms. The Morgan fingerprint density at radius 2 is 1.83 bits per heavy atom. The average molecular weight is 425 g/mol. The predicted molar refractivity (Wildman–Crippen MR) is 102 cm³/mol. The molecule has 1 aliphatic heterocycles. The van der Waals surface area contributed by atoms with Crippen LogP contribution in [0, 0.1) is 0 Å². The van der Waals surface area contributed by atoms with Crippen molar-refractivity contribution in [2.24, 2.45) is 5.73 Å². The first-order valence-corrected chi connectivity index (χ1v) is 9.54. The molecule has 2 N–H and O–H groups in total. The highest BCUT2D eigenvalue weighted by molar-refractivity contribution is 5.87. The molecule has 1 saturated heterocycles. The fourth-order valence-corrected chi connectivity index (χ4v) is 3.65. The van der Waals surface area contributed by atoms with Crippen molar-refractivity contribution < 1.29 is 26.4 Å². The third-order valence-corrected chi connectivity index (χ3v) is 5.29. The highest BCUT2D eigenvalue weighted by atomic mass is 19.4. The van der Waals surface area contributed by atoms with Crippen molar-refractivity contribution in [3.05, 3.63) is 53.4 Å². The smallest absolute Gasteiger partial charge is 0.420 e. The first kappa shape index (κ1) is 20.7. The van der Waals surface area contributed by atoms with Crippen molar-refractivity contribution in [2.75, 3.05) is 13.1 Å². The molecule has 0 amide bonds. The van der Waals surface area contributed by atoms with Gasteiger partial charge < -0.3 is 10.2 Å². The van der Waals surface area contributed by atoms with Crippen LogP contribution < -0.4 is 5.73 Å². The van der Waals surface area contributed by atoms with E-state index in [0.717, 1.165) is 11.6 Å². The molecule has 4 nitrogen and oxygen atoms in total. The summed E-state index contributed by atoms with van der Waals surface area (Å²) in [6, 6.07) is 7.49. The molecular weight excluding hydrogens is 405 g/mol. The zero-order valence-electron chi connectivity index (χ0n) is 16.0. The Kier molecular flexibility index (Phi) is 5.27. The van der Waals surface area contributed by atoms with Gasteiger partial charge in [0.25, 0.3) is 5.92 Å². The number of alkyl halides is 5. The van der Waals surface area contributed by atoms with Crippen molar-refractivity contribution in [2.45, 2.75) is 38.0 Å². The maximum absolute atomic E-state index is 13.5. The van der Waals surface area contributed by atoms with Gasteiger partial charge in [0.2, 0.25) is 0 Å². The first-order valence-electron chi connectivity index (χ1n) is 9.54. The number of rotatable bonds is 4. The van der Waals surface area contributed by atoms with Crippen LogP contribution in [0.1, 0.15) is 29.7 Å². The molecule has 3 heterocycles. The number of benzene rings is 1. The lowest BCUT2D eigenvalue weighted by molar-refractivity contribution is -0.136. The molecule has 0 atom stereocenters. The lowest BCUT2D eigenvalue weighted by Crippen LogP contribution is -2.38. The molecule has 0 spiro atoms. The molecule has 9 heteroatoms. The lowest BCUT2D eigenvalue weighted by Gasteiger charge is -2.31. The Morgan fingerprint density at radius 3 is 2.43 bits per heavy atom. The summed E-state index contributed by atoms with van der Waals surface area (Å²) in [6.07, 6.45) is -3.36. The van der Waals surface area contributed by atoms with Crippen molar-refractivity contribution in [3.63, 3.8) is 0 Å². The second kappa shape index (κ2) is 7.63. The number of likely N-dealkylation sites (tertiary alicyclic amines) is 1. The molecule has 3 aromatic rings. The van der Waals surface area contributed by atoms with E-state index in [0.29, 0.717) is 36.3 Å². The van der Waals surface area contributed by atoms with Gasteiger partial charge in [0.15, 0.2) is 0 Å². The summed E-state index contributed by atoms with van der Waals surface area (Å²) in [5, 5.41) is 0.306. The second-order valence-electron chi connectivity index (χ2n) is 7.54. The number of furan rings is 1. The van der Waals surface area contributed by atoms with Gasteiger partial charge >= 0.3 is 6.18 Å². The third-order valence-electron chi connectivity index (χ3n) is 5.29. The normalized spacial score (nSPS) is 17.5. The van der Waals surface area contributed by atoms with Crippen LogP contribution in [0.4, 0.5) is 22.0 Å². The van der Waals surface area contributed by atoms with Crippen LogP contribution in [0.25, 0.3) is 22.2 Å². The van der Waals surface area contributed by atoms with Crippen LogP contribution >= 0.6 is 0 Å². The molecule has 30 heavy (non-hydrogen) atoms. The molecule has 0 saturated carbocycles. The average Bonchev–Trinajstić information content (AvgIpc) is 3.12. The Labute approximate surface area is 169 Å². The minimum atomic E-state index is -4.59. The number of aromatic nitrogens is 1. The topological polar surface area (TPSA) is 55.3 Å². The van der Waals surface area contributed by atoms with Crippen LogP contribution in [0.2, 0.25) is 0 Å². The van der Waals surface area contributed by atoms with Crippen LogP contribution in [0.3, 0.4) is 0 Å². The number of fused-ring (bicyclic) bond motifs is 1. The monoisotopic (exact) mass is 425 g/mol. The minimum absolute atomic E-state index is 0.00328. The van der Waals surface area contributed by atoms with Gasteiger partial charge in [0.1, 0.15) is 11.3 Å². The molecule has 4 rings (SSSR count). The molecule has 0 aliphatic carbocycles. The highest BCUT2D eigenvalue weighted by Crippen LogP contribution is 2.39. The van der Waals surface area contributed by atoms with Gasteiger partial charge in [-0.2, -0.15) is 13.2 Å². The number of nitrogens with two attached hydrogens (primary N) is 1. The number of pyridine rings is 1. The fraction of sp³-hybridized carbons (Fsp3) is 0.381. The summed E-state index contributed by atoms with van der Waals surface area (Å²) < 4.78 is 72.4. The second-order valence-corrected chi connectivity index (χ2v) is 7.54. The number of hydrogen-bond donors (Lipinski definition) is 1. The summed E-state index contributed by atoms with van der Waals surface area (Å²) in [4.78, 5) is 6.22.